The van der Waals surface area contributed by atoms with Crippen molar-refractivity contribution in [1.82, 2.24) is 13.5 Å². The summed E-state index contributed by atoms with van der Waals surface area (Å²) >= 11 is 0.975. The molecule has 2 aromatic heterocycles. The zero-order valence-corrected chi connectivity index (χ0v) is 11.5. The van der Waals surface area contributed by atoms with E-state index >= 15 is 0 Å². The van der Waals surface area contributed by atoms with E-state index in [1.807, 2.05) is 0 Å². The predicted molar refractivity (Wildman–Crippen MR) is 70.8 cm³/mol. The summed E-state index contributed by atoms with van der Waals surface area (Å²) in [5.74, 6) is -1.86. The van der Waals surface area contributed by atoms with Crippen molar-refractivity contribution < 1.29 is 9.90 Å². The molecule has 0 amide bonds. The van der Waals surface area contributed by atoms with Gasteiger partial charge < -0.3 is 5.11 Å². The van der Waals surface area contributed by atoms with Gasteiger partial charge in [-0.3, -0.25) is 18.7 Å². The minimum atomic E-state index is -1.02. The molecule has 0 saturated carbocycles. The van der Waals surface area contributed by atoms with Crippen molar-refractivity contribution in [2.24, 2.45) is 14.1 Å². The highest BCUT2D eigenvalue weighted by Crippen LogP contribution is 2.27. The lowest BCUT2D eigenvalue weighted by Crippen LogP contribution is -2.36. The molecule has 2 rings (SSSR count). The van der Waals surface area contributed by atoms with Gasteiger partial charge in [0.15, 0.2) is 0 Å². The number of fused-ring (bicyclic) bond motifs is 1. The van der Waals surface area contributed by atoms with Gasteiger partial charge in [-0.15, -0.1) is 0 Å². The molecule has 0 fully saturated rings. The van der Waals surface area contributed by atoms with Crippen molar-refractivity contribution in [2.75, 3.05) is 0 Å². The Morgan fingerprint density at radius 2 is 2.00 bits per heavy atom. The first-order valence-corrected chi connectivity index (χ1v) is 6.45. The van der Waals surface area contributed by atoms with E-state index in [-0.39, 0.29) is 11.1 Å². The molecule has 102 valence electrons. The third-order valence-electron chi connectivity index (χ3n) is 3.13. The number of nitrogens with zero attached hydrogens (tertiary/aromatic N) is 3. The highest BCUT2D eigenvalue weighted by atomic mass is 32.1. The molecule has 0 spiro atoms. The zero-order valence-electron chi connectivity index (χ0n) is 10.7. The van der Waals surface area contributed by atoms with E-state index in [1.54, 1.807) is 6.92 Å². The fourth-order valence-electron chi connectivity index (χ4n) is 2.01. The Balaban J connectivity index is 2.91. The molecule has 0 aliphatic carbocycles. The highest BCUT2D eigenvalue weighted by Gasteiger charge is 2.26. The molecule has 7 nitrogen and oxygen atoms in total. The fourth-order valence-corrected chi connectivity index (χ4v) is 2.90. The Morgan fingerprint density at radius 1 is 1.37 bits per heavy atom. The van der Waals surface area contributed by atoms with E-state index in [9.17, 15) is 19.5 Å². The van der Waals surface area contributed by atoms with Crippen molar-refractivity contribution in [3.8, 4) is 0 Å². The van der Waals surface area contributed by atoms with E-state index in [0.29, 0.717) is 11.3 Å². The lowest BCUT2D eigenvalue weighted by molar-refractivity contribution is -0.138. The van der Waals surface area contributed by atoms with Gasteiger partial charge in [0.25, 0.3) is 5.56 Å². The summed E-state index contributed by atoms with van der Waals surface area (Å²) in [6.07, 6.45) is 0.333. The second-order valence-corrected chi connectivity index (χ2v) is 5.00. The summed E-state index contributed by atoms with van der Waals surface area (Å²) < 4.78 is 6.36. The Kier molecular flexibility index (Phi) is 3.27. The monoisotopic (exact) mass is 283 g/mol. The van der Waals surface area contributed by atoms with Crippen LogP contribution in [0, 0.1) is 0 Å². The summed E-state index contributed by atoms with van der Waals surface area (Å²) in [5.41, 5.74) is -0.705. The van der Waals surface area contributed by atoms with Crippen LogP contribution in [-0.2, 0) is 18.9 Å². The Bertz CT molecular complexity index is 771. The van der Waals surface area contributed by atoms with Crippen LogP contribution in [0.1, 0.15) is 25.0 Å². The molecule has 0 radical (unpaired) electrons. The second kappa shape index (κ2) is 4.61. The summed E-state index contributed by atoms with van der Waals surface area (Å²) in [4.78, 5) is 35.5. The van der Waals surface area contributed by atoms with E-state index in [0.717, 1.165) is 16.1 Å². The lowest BCUT2D eigenvalue weighted by Gasteiger charge is -2.08. The maximum absolute atomic E-state index is 12.1. The quantitative estimate of drug-likeness (QED) is 0.872. The van der Waals surface area contributed by atoms with Gasteiger partial charge in [0.1, 0.15) is 10.7 Å². The molecular weight excluding hydrogens is 270 g/mol. The van der Waals surface area contributed by atoms with Crippen molar-refractivity contribution in [1.29, 1.82) is 0 Å². The standard InChI is InChI=1S/C11H13N3O4S/c1-4-5(10(16)17)7-6-8(15)13(2)11(18)14(3)9(6)19-12-7/h5H,4H2,1-3H3,(H,16,17). The number of rotatable bonds is 3. The van der Waals surface area contributed by atoms with Crippen molar-refractivity contribution in [2.45, 2.75) is 19.3 Å². The number of carbonyl (C=O) groups is 1. The minimum Gasteiger partial charge on any atom is -0.481 e. The Labute approximate surface area is 111 Å². The summed E-state index contributed by atoms with van der Waals surface area (Å²) in [7, 11) is 2.90. The summed E-state index contributed by atoms with van der Waals surface area (Å²) in [5, 5.41) is 9.40. The van der Waals surface area contributed by atoms with Gasteiger partial charge in [-0.1, -0.05) is 6.92 Å². The topological polar surface area (TPSA) is 94.2 Å². The molecule has 19 heavy (non-hydrogen) atoms. The smallest absolute Gasteiger partial charge is 0.331 e. The highest BCUT2D eigenvalue weighted by molar-refractivity contribution is 7.13. The molecule has 2 aromatic rings. The summed E-state index contributed by atoms with van der Waals surface area (Å²) in [6.45, 7) is 1.72. The first kappa shape index (κ1) is 13.5. The number of aliphatic carboxylic acids is 1. The molecule has 0 aliphatic rings. The van der Waals surface area contributed by atoms with Crippen LogP contribution in [0.3, 0.4) is 0 Å². The number of carboxylic acids is 1. The van der Waals surface area contributed by atoms with Gasteiger partial charge >= 0.3 is 11.7 Å². The van der Waals surface area contributed by atoms with Gasteiger partial charge in [0.05, 0.1) is 11.1 Å². The van der Waals surface area contributed by atoms with Crippen molar-refractivity contribution >= 4 is 27.7 Å². The van der Waals surface area contributed by atoms with Crippen molar-refractivity contribution in [3.63, 3.8) is 0 Å². The van der Waals surface area contributed by atoms with E-state index in [4.69, 9.17) is 0 Å². The van der Waals surface area contributed by atoms with Gasteiger partial charge in [0, 0.05) is 14.1 Å². The van der Waals surface area contributed by atoms with Gasteiger partial charge in [0.2, 0.25) is 0 Å². The van der Waals surface area contributed by atoms with Crippen LogP contribution in [0.5, 0.6) is 0 Å². The normalized spacial score (nSPS) is 12.8. The van der Waals surface area contributed by atoms with Gasteiger partial charge in [-0.05, 0) is 18.0 Å². The van der Waals surface area contributed by atoms with Crippen LogP contribution in [0.2, 0.25) is 0 Å². The molecule has 0 bridgehead atoms. The molecule has 1 atom stereocenters. The van der Waals surface area contributed by atoms with Gasteiger partial charge in [-0.25, -0.2) is 4.79 Å². The molecular formula is C11H13N3O4S. The molecule has 0 saturated heterocycles. The Morgan fingerprint density at radius 3 is 2.53 bits per heavy atom. The molecule has 2 heterocycles. The minimum absolute atomic E-state index is 0.226. The van der Waals surface area contributed by atoms with Crippen LogP contribution < -0.4 is 11.2 Å². The number of aromatic nitrogens is 3. The first-order valence-electron chi connectivity index (χ1n) is 5.68. The number of aryl methyl sites for hydroxylation is 1. The van der Waals surface area contributed by atoms with Gasteiger partial charge in [-0.2, -0.15) is 4.37 Å². The van der Waals surface area contributed by atoms with E-state index < -0.39 is 23.1 Å². The maximum Gasteiger partial charge on any atom is 0.331 e. The van der Waals surface area contributed by atoms with Crippen LogP contribution in [0.15, 0.2) is 9.59 Å². The molecule has 0 aromatic carbocycles. The molecule has 1 N–H and O–H groups in total. The molecule has 0 aliphatic heterocycles. The zero-order chi connectivity index (χ0) is 14.3. The lowest BCUT2D eigenvalue weighted by atomic mass is 10.0. The average molecular weight is 283 g/mol. The SMILES string of the molecule is CCC(C(=O)O)c1nsc2c1c(=O)n(C)c(=O)n2C. The van der Waals surface area contributed by atoms with Crippen LogP contribution in [0.25, 0.3) is 10.2 Å². The number of carboxylic acid groups (broad SMARTS) is 1. The van der Waals surface area contributed by atoms with Crippen LogP contribution in [-0.4, -0.2) is 24.6 Å². The van der Waals surface area contributed by atoms with Crippen LogP contribution in [0.4, 0.5) is 0 Å². The summed E-state index contributed by atoms with van der Waals surface area (Å²) in [6, 6.07) is 0. The molecule has 8 heteroatoms. The van der Waals surface area contributed by atoms with Crippen molar-refractivity contribution in [3.05, 3.63) is 26.5 Å². The van der Waals surface area contributed by atoms with E-state index in [1.165, 1.54) is 18.7 Å². The number of hydrogen-bond acceptors (Lipinski definition) is 5. The molecule has 1 unspecified atom stereocenters. The third kappa shape index (κ3) is 1.88. The second-order valence-electron chi connectivity index (χ2n) is 4.25. The number of hydrogen-bond donors (Lipinski definition) is 1. The Hall–Kier alpha value is -1.96. The van der Waals surface area contributed by atoms with Crippen LogP contribution >= 0.6 is 11.5 Å². The van der Waals surface area contributed by atoms with E-state index in [2.05, 4.69) is 4.37 Å². The third-order valence-corrected chi connectivity index (χ3v) is 4.07. The predicted octanol–water partition coefficient (Wildman–Crippen LogP) is 0.272. The largest absolute Gasteiger partial charge is 0.481 e. The average Bonchev–Trinajstić information content (AvgIpc) is 2.79. The fraction of sp³-hybridized carbons (Fsp3) is 0.455. The maximum atomic E-state index is 12.1. The first-order chi connectivity index (χ1) is 8.90.